The zero-order valence-electron chi connectivity index (χ0n) is 11.5. The van der Waals surface area contributed by atoms with Gasteiger partial charge in [0.15, 0.2) is 0 Å². The van der Waals surface area contributed by atoms with Gasteiger partial charge in [-0.05, 0) is 38.5 Å². The Hall–Kier alpha value is -1.18. The number of nitrogens with one attached hydrogen (secondary N) is 1. The summed E-state index contributed by atoms with van der Waals surface area (Å²) >= 11 is 12.3. The standard InChI is InChI=1S/C16H19Cl2N/c1-11(2)9-10-15(17)13(4)19-12(3)14-7-5-6-8-16(14)18/h5-10,12,19H,4H2,1-3H3/b15-10+. The van der Waals surface area contributed by atoms with E-state index >= 15 is 0 Å². The van der Waals surface area contributed by atoms with Crippen LogP contribution in [-0.2, 0) is 0 Å². The lowest BCUT2D eigenvalue weighted by Gasteiger charge is -2.18. The fraction of sp³-hybridized carbons (Fsp3) is 0.250. The summed E-state index contributed by atoms with van der Waals surface area (Å²) in [6.45, 7) is 10.0. The Balaban J connectivity index is 2.75. The molecule has 0 aliphatic rings. The average molecular weight is 296 g/mol. The molecule has 1 atom stereocenters. The van der Waals surface area contributed by atoms with Crippen LogP contribution in [0.25, 0.3) is 0 Å². The summed E-state index contributed by atoms with van der Waals surface area (Å²) in [5.41, 5.74) is 2.90. The van der Waals surface area contributed by atoms with E-state index in [4.69, 9.17) is 23.2 Å². The van der Waals surface area contributed by atoms with Gasteiger partial charge in [-0.2, -0.15) is 0 Å². The molecule has 102 valence electrons. The maximum Gasteiger partial charge on any atom is 0.0631 e. The first-order valence-electron chi connectivity index (χ1n) is 6.12. The van der Waals surface area contributed by atoms with Crippen LogP contribution >= 0.6 is 23.2 Å². The van der Waals surface area contributed by atoms with E-state index in [9.17, 15) is 0 Å². The van der Waals surface area contributed by atoms with Crippen molar-refractivity contribution < 1.29 is 0 Å². The smallest absolute Gasteiger partial charge is 0.0631 e. The molecule has 1 nitrogen and oxygen atoms in total. The van der Waals surface area contributed by atoms with Crippen LogP contribution in [0.1, 0.15) is 32.4 Å². The second-order valence-corrected chi connectivity index (χ2v) is 5.44. The molecule has 0 saturated carbocycles. The lowest BCUT2D eigenvalue weighted by atomic mass is 10.1. The first kappa shape index (κ1) is 15.9. The molecule has 1 aromatic carbocycles. The second kappa shape index (κ2) is 7.42. The molecule has 1 aromatic rings. The van der Waals surface area contributed by atoms with E-state index in [2.05, 4.69) is 11.9 Å². The Bertz CT molecular complexity index is 511. The van der Waals surface area contributed by atoms with Crippen LogP contribution in [0.15, 0.2) is 59.3 Å². The molecule has 0 heterocycles. The minimum Gasteiger partial charge on any atom is -0.378 e. The van der Waals surface area contributed by atoms with E-state index in [0.29, 0.717) is 10.7 Å². The van der Waals surface area contributed by atoms with E-state index < -0.39 is 0 Å². The summed E-state index contributed by atoms with van der Waals surface area (Å²) in [6.07, 6.45) is 3.79. The van der Waals surface area contributed by atoms with Crippen molar-refractivity contribution in [1.29, 1.82) is 0 Å². The van der Waals surface area contributed by atoms with Crippen LogP contribution in [0.5, 0.6) is 0 Å². The van der Waals surface area contributed by atoms with E-state index in [1.807, 2.05) is 57.2 Å². The zero-order chi connectivity index (χ0) is 14.4. The minimum absolute atomic E-state index is 0.0510. The molecule has 0 saturated heterocycles. The van der Waals surface area contributed by atoms with Gasteiger partial charge in [-0.15, -0.1) is 0 Å². The van der Waals surface area contributed by atoms with Gasteiger partial charge in [0.2, 0.25) is 0 Å². The summed E-state index contributed by atoms with van der Waals surface area (Å²) in [4.78, 5) is 0. The van der Waals surface area contributed by atoms with Crippen LogP contribution in [0, 0.1) is 0 Å². The van der Waals surface area contributed by atoms with Crippen molar-refractivity contribution in [2.75, 3.05) is 0 Å². The van der Waals surface area contributed by atoms with Crippen molar-refractivity contribution in [1.82, 2.24) is 5.32 Å². The first-order valence-corrected chi connectivity index (χ1v) is 6.88. The van der Waals surface area contributed by atoms with Gasteiger partial charge in [-0.3, -0.25) is 0 Å². The van der Waals surface area contributed by atoms with Crippen molar-refractivity contribution in [3.8, 4) is 0 Å². The third-order valence-electron chi connectivity index (χ3n) is 2.61. The quantitative estimate of drug-likeness (QED) is 0.698. The van der Waals surface area contributed by atoms with E-state index in [-0.39, 0.29) is 6.04 Å². The molecular weight excluding hydrogens is 277 g/mol. The summed E-state index contributed by atoms with van der Waals surface area (Å²) in [5.74, 6) is 0. The lowest BCUT2D eigenvalue weighted by Crippen LogP contribution is -2.17. The zero-order valence-corrected chi connectivity index (χ0v) is 13.0. The molecule has 1 N–H and O–H groups in total. The number of rotatable bonds is 5. The van der Waals surface area contributed by atoms with Gasteiger partial charge in [-0.25, -0.2) is 0 Å². The number of allylic oxidation sites excluding steroid dienone is 4. The molecule has 0 bridgehead atoms. The summed E-state index contributed by atoms with van der Waals surface area (Å²) in [7, 11) is 0. The van der Waals surface area contributed by atoms with Crippen LogP contribution < -0.4 is 5.32 Å². The van der Waals surface area contributed by atoms with Crippen molar-refractivity contribution in [3.05, 3.63) is 69.9 Å². The average Bonchev–Trinajstić information content (AvgIpc) is 2.36. The summed E-state index contributed by atoms with van der Waals surface area (Å²) in [5, 5.41) is 4.59. The van der Waals surface area contributed by atoms with Crippen molar-refractivity contribution in [3.63, 3.8) is 0 Å². The van der Waals surface area contributed by atoms with Gasteiger partial charge >= 0.3 is 0 Å². The largest absolute Gasteiger partial charge is 0.378 e. The highest BCUT2D eigenvalue weighted by Gasteiger charge is 2.10. The van der Waals surface area contributed by atoms with Crippen LogP contribution in [0.4, 0.5) is 0 Å². The number of benzene rings is 1. The molecule has 0 aliphatic carbocycles. The van der Waals surface area contributed by atoms with Crippen molar-refractivity contribution in [2.45, 2.75) is 26.8 Å². The highest BCUT2D eigenvalue weighted by atomic mass is 35.5. The van der Waals surface area contributed by atoms with Gasteiger partial charge in [0.1, 0.15) is 0 Å². The van der Waals surface area contributed by atoms with Crippen molar-refractivity contribution >= 4 is 23.2 Å². The maximum atomic E-state index is 6.17. The molecule has 0 spiro atoms. The highest BCUT2D eigenvalue weighted by molar-refractivity contribution is 6.32. The maximum absolute atomic E-state index is 6.17. The normalized spacial score (nSPS) is 12.8. The fourth-order valence-electron chi connectivity index (χ4n) is 1.57. The summed E-state index contributed by atoms with van der Waals surface area (Å²) < 4.78 is 0. The van der Waals surface area contributed by atoms with Gasteiger partial charge in [-0.1, -0.05) is 59.6 Å². The monoisotopic (exact) mass is 295 g/mol. The molecule has 0 amide bonds. The van der Waals surface area contributed by atoms with E-state index in [1.54, 1.807) is 0 Å². The van der Waals surface area contributed by atoms with Gasteiger partial charge in [0.25, 0.3) is 0 Å². The molecule has 19 heavy (non-hydrogen) atoms. The van der Waals surface area contributed by atoms with Gasteiger partial charge in [0, 0.05) is 10.7 Å². The Morgan fingerprint density at radius 3 is 2.47 bits per heavy atom. The van der Waals surface area contributed by atoms with Crippen molar-refractivity contribution in [2.24, 2.45) is 0 Å². The summed E-state index contributed by atoms with van der Waals surface area (Å²) in [6, 6.07) is 7.78. The topological polar surface area (TPSA) is 12.0 Å². The third-order valence-corrected chi connectivity index (χ3v) is 3.31. The van der Waals surface area contributed by atoms with Gasteiger partial charge < -0.3 is 5.32 Å². The molecule has 0 radical (unpaired) electrons. The van der Waals surface area contributed by atoms with Gasteiger partial charge in [0.05, 0.1) is 11.1 Å². The predicted octanol–water partition coefficient (Wildman–Crippen LogP) is 5.59. The Morgan fingerprint density at radius 2 is 1.89 bits per heavy atom. The van der Waals surface area contributed by atoms with E-state index in [0.717, 1.165) is 10.6 Å². The molecule has 0 fully saturated rings. The van der Waals surface area contributed by atoms with Crippen LogP contribution in [-0.4, -0.2) is 0 Å². The number of halogens is 2. The highest BCUT2D eigenvalue weighted by Crippen LogP contribution is 2.24. The SMILES string of the molecule is C=C(NC(C)c1ccccc1Cl)/C(Cl)=C\C=C(C)C. The molecule has 1 unspecified atom stereocenters. The first-order chi connectivity index (χ1) is 8.91. The number of hydrogen-bond acceptors (Lipinski definition) is 1. The molecule has 3 heteroatoms. The predicted molar refractivity (Wildman–Crippen MR) is 85.5 cm³/mol. The van der Waals surface area contributed by atoms with E-state index in [1.165, 1.54) is 5.57 Å². The molecule has 1 rings (SSSR count). The second-order valence-electron chi connectivity index (χ2n) is 4.62. The third kappa shape index (κ3) is 5.14. The minimum atomic E-state index is 0.0510. The molecular formula is C16H19Cl2N. The Kier molecular flexibility index (Phi) is 6.20. The Labute approximate surface area is 125 Å². The lowest BCUT2D eigenvalue weighted by molar-refractivity contribution is 0.665. The Morgan fingerprint density at radius 1 is 1.26 bits per heavy atom. The molecule has 0 aromatic heterocycles. The van der Waals surface area contributed by atoms with Crippen LogP contribution in [0.3, 0.4) is 0 Å². The van der Waals surface area contributed by atoms with Crippen LogP contribution in [0.2, 0.25) is 5.02 Å². The molecule has 0 aliphatic heterocycles. The fourth-order valence-corrected chi connectivity index (χ4v) is 1.99. The number of hydrogen-bond donors (Lipinski definition) is 1.